The number of unbranched alkanes of at least 4 members (excludes halogenated alkanes) is 1. The van der Waals surface area contributed by atoms with Gasteiger partial charge < -0.3 is 5.32 Å². The fourth-order valence-corrected chi connectivity index (χ4v) is 2.07. The summed E-state index contributed by atoms with van der Waals surface area (Å²) in [6.07, 6.45) is 2.29. The quantitative estimate of drug-likeness (QED) is 0.641. The largest absolute Gasteiger partial charge is 0.325 e. The number of carbonyl (C=O) groups is 1. The van der Waals surface area contributed by atoms with Crippen molar-refractivity contribution in [2.75, 3.05) is 10.6 Å². The van der Waals surface area contributed by atoms with E-state index in [0.717, 1.165) is 22.6 Å². The molecule has 0 radical (unpaired) electrons. The summed E-state index contributed by atoms with van der Waals surface area (Å²) in [7, 11) is 0. The second kappa shape index (κ2) is 7.46. The first kappa shape index (κ1) is 14.2. The highest BCUT2D eigenvalue weighted by molar-refractivity contribution is 9.10. The van der Waals surface area contributed by atoms with E-state index in [2.05, 4.69) is 43.2 Å². The number of nitriles is 1. The third kappa shape index (κ3) is 4.88. The van der Waals surface area contributed by atoms with Crippen LogP contribution in [0.4, 0.5) is 5.69 Å². The molecule has 0 aliphatic heterocycles. The first-order valence-electron chi connectivity index (χ1n) is 5.23. The summed E-state index contributed by atoms with van der Waals surface area (Å²) in [5, 5.41) is 12.6. The molecule has 1 aromatic carbocycles. The van der Waals surface area contributed by atoms with Crippen molar-refractivity contribution in [1.82, 2.24) is 0 Å². The Bertz CT molecular complexity index is 441. The van der Waals surface area contributed by atoms with Crippen LogP contribution in [0.25, 0.3) is 0 Å². The van der Waals surface area contributed by atoms with E-state index in [1.165, 1.54) is 0 Å². The van der Waals surface area contributed by atoms with Crippen molar-refractivity contribution in [3.63, 3.8) is 0 Å². The number of amides is 1. The Morgan fingerprint density at radius 1 is 1.41 bits per heavy atom. The zero-order valence-electron chi connectivity index (χ0n) is 9.17. The van der Waals surface area contributed by atoms with Gasteiger partial charge >= 0.3 is 0 Å². The summed E-state index contributed by atoms with van der Waals surface area (Å²) in [4.78, 5) is 11.6. The second-order valence-corrected chi connectivity index (χ2v) is 5.20. The molecule has 0 heterocycles. The number of benzene rings is 1. The number of nitrogens with one attached hydrogen (secondary N) is 1. The summed E-state index contributed by atoms with van der Waals surface area (Å²) in [6.45, 7) is 0. The van der Waals surface area contributed by atoms with Crippen LogP contribution < -0.4 is 5.32 Å². The minimum Gasteiger partial charge on any atom is -0.325 e. The van der Waals surface area contributed by atoms with Gasteiger partial charge in [0.15, 0.2) is 0 Å². The number of hydrogen-bond donors (Lipinski definition) is 1. The first-order valence-corrected chi connectivity index (χ1v) is 7.14. The van der Waals surface area contributed by atoms with Crippen molar-refractivity contribution in [2.24, 2.45) is 0 Å². The molecule has 5 heteroatoms. The molecule has 0 aliphatic rings. The summed E-state index contributed by atoms with van der Waals surface area (Å²) in [5.74, 6) is -0.0511. The number of nitrogens with zero attached hydrogens (tertiary/aromatic N) is 1. The number of carbonyl (C=O) groups excluding carboxylic acids is 1. The zero-order valence-corrected chi connectivity index (χ0v) is 12.3. The third-order valence-electron chi connectivity index (χ3n) is 2.16. The summed E-state index contributed by atoms with van der Waals surface area (Å²) >= 11 is 6.60. The Hall–Kier alpha value is -0.860. The van der Waals surface area contributed by atoms with Crippen LogP contribution >= 0.6 is 31.9 Å². The molecule has 1 rings (SSSR count). The standard InChI is InChI=1S/C12H12Br2N2O/c13-6-2-1-3-12(17)16-11-5-4-10(14)7-9(11)8-15/h4-5,7H,1-3,6H2,(H,16,17). The molecule has 3 nitrogen and oxygen atoms in total. The lowest BCUT2D eigenvalue weighted by Crippen LogP contribution is -2.12. The molecule has 0 aromatic heterocycles. The third-order valence-corrected chi connectivity index (χ3v) is 3.22. The molecule has 1 N–H and O–H groups in total. The van der Waals surface area contributed by atoms with Crippen molar-refractivity contribution in [1.29, 1.82) is 5.26 Å². The predicted octanol–water partition coefficient (Wildman–Crippen LogP) is 3.82. The minimum absolute atomic E-state index is 0.0511. The molecule has 0 atom stereocenters. The molecule has 0 spiro atoms. The predicted molar refractivity (Wildman–Crippen MR) is 75.1 cm³/mol. The zero-order chi connectivity index (χ0) is 12.7. The van der Waals surface area contributed by atoms with Crippen LogP contribution in [0.5, 0.6) is 0 Å². The topological polar surface area (TPSA) is 52.9 Å². The van der Waals surface area contributed by atoms with Crippen LogP contribution in [0.15, 0.2) is 22.7 Å². The Morgan fingerprint density at radius 2 is 2.18 bits per heavy atom. The maximum Gasteiger partial charge on any atom is 0.224 e. The summed E-state index contributed by atoms with van der Waals surface area (Å²) < 4.78 is 0.825. The summed E-state index contributed by atoms with van der Waals surface area (Å²) in [6, 6.07) is 7.27. The van der Waals surface area contributed by atoms with Gasteiger partial charge in [-0.05, 0) is 31.0 Å². The van der Waals surface area contributed by atoms with Crippen LogP contribution in [0.2, 0.25) is 0 Å². The van der Waals surface area contributed by atoms with E-state index in [9.17, 15) is 4.79 Å². The number of anilines is 1. The second-order valence-electron chi connectivity index (χ2n) is 3.50. The fourth-order valence-electron chi connectivity index (χ4n) is 1.31. The van der Waals surface area contributed by atoms with Crippen LogP contribution in [-0.2, 0) is 4.79 Å². The average molecular weight is 360 g/mol. The van der Waals surface area contributed by atoms with Crippen LogP contribution in [0.3, 0.4) is 0 Å². The Kier molecular flexibility index (Phi) is 6.23. The molecular formula is C12H12Br2N2O. The van der Waals surface area contributed by atoms with Gasteiger partial charge in [-0.2, -0.15) is 5.26 Å². The lowest BCUT2D eigenvalue weighted by atomic mass is 10.2. The Balaban J connectivity index is 2.62. The number of hydrogen-bond acceptors (Lipinski definition) is 2. The fraction of sp³-hybridized carbons (Fsp3) is 0.333. The van der Waals surface area contributed by atoms with Gasteiger partial charge in [-0.25, -0.2) is 0 Å². The lowest BCUT2D eigenvalue weighted by Gasteiger charge is -2.06. The molecule has 90 valence electrons. The van der Waals surface area contributed by atoms with Gasteiger partial charge in [0.2, 0.25) is 5.91 Å². The Morgan fingerprint density at radius 3 is 2.82 bits per heavy atom. The minimum atomic E-state index is -0.0511. The van der Waals surface area contributed by atoms with Gasteiger partial charge in [0.05, 0.1) is 11.3 Å². The molecule has 0 aliphatic carbocycles. The molecule has 17 heavy (non-hydrogen) atoms. The molecular weight excluding hydrogens is 348 g/mol. The van der Waals surface area contributed by atoms with Crippen LogP contribution in [0.1, 0.15) is 24.8 Å². The highest BCUT2D eigenvalue weighted by Gasteiger charge is 2.06. The maximum absolute atomic E-state index is 11.6. The number of alkyl halides is 1. The van der Waals surface area contributed by atoms with E-state index in [4.69, 9.17) is 5.26 Å². The summed E-state index contributed by atoms with van der Waals surface area (Å²) in [5.41, 5.74) is 1.03. The highest BCUT2D eigenvalue weighted by Crippen LogP contribution is 2.20. The molecule has 0 bridgehead atoms. The molecule has 1 aromatic rings. The molecule has 0 saturated carbocycles. The highest BCUT2D eigenvalue weighted by atomic mass is 79.9. The molecule has 0 unspecified atom stereocenters. The van der Waals surface area contributed by atoms with Gasteiger partial charge in [0.25, 0.3) is 0 Å². The molecule has 0 fully saturated rings. The van der Waals surface area contributed by atoms with E-state index >= 15 is 0 Å². The normalized spacial score (nSPS) is 9.71. The SMILES string of the molecule is N#Cc1cc(Br)ccc1NC(=O)CCCCBr. The maximum atomic E-state index is 11.6. The van der Waals surface area contributed by atoms with E-state index in [-0.39, 0.29) is 5.91 Å². The lowest BCUT2D eigenvalue weighted by molar-refractivity contribution is -0.116. The molecule has 0 saturated heterocycles. The van der Waals surface area contributed by atoms with E-state index in [1.54, 1.807) is 18.2 Å². The van der Waals surface area contributed by atoms with Gasteiger partial charge in [0.1, 0.15) is 6.07 Å². The van der Waals surface area contributed by atoms with Crippen molar-refractivity contribution in [2.45, 2.75) is 19.3 Å². The van der Waals surface area contributed by atoms with Crippen LogP contribution in [0, 0.1) is 11.3 Å². The molecule has 1 amide bonds. The monoisotopic (exact) mass is 358 g/mol. The van der Waals surface area contributed by atoms with Crippen LogP contribution in [-0.4, -0.2) is 11.2 Å². The van der Waals surface area contributed by atoms with Gasteiger partial charge in [0, 0.05) is 16.2 Å². The van der Waals surface area contributed by atoms with Crippen molar-refractivity contribution in [3.8, 4) is 6.07 Å². The van der Waals surface area contributed by atoms with E-state index < -0.39 is 0 Å². The smallest absolute Gasteiger partial charge is 0.224 e. The van der Waals surface area contributed by atoms with Crippen molar-refractivity contribution >= 4 is 43.5 Å². The number of rotatable bonds is 5. The van der Waals surface area contributed by atoms with Gasteiger partial charge in [-0.1, -0.05) is 31.9 Å². The average Bonchev–Trinajstić information content (AvgIpc) is 2.32. The van der Waals surface area contributed by atoms with Gasteiger partial charge in [-0.15, -0.1) is 0 Å². The first-order chi connectivity index (χ1) is 8.17. The van der Waals surface area contributed by atoms with Crippen molar-refractivity contribution < 1.29 is 4.79 Å². The Labute approximate surface area is 117 Å². The number of halogens is 2. The van der Waals surface area contributed by atoms with Gasteiger partial charge in [-0.3, -0.25) is 4.79 Å². The van der Waals surface area contributed by atoms with E-state index in [0.29, 0.717) is 17.7 Å². The van der Waals surface area contributed by atoms with E-state index in [1.807, 2.05) is 0 Å². The van der Waals surface area contributed by atoms with Crippen molar-refractivity contribution in [3.05, 3.63) is 28.2 Å².